The van der Waals surface area contributed by atoms with Crippen LogP contribution in [-0.4, -0.2) is 11.0 Å². The molecule has 50 heavy (non-hydrogen) atoms. The lowest BCUT2D eigenvalue weighted by Gasteiger charge is -2.29. The first kappa shape index (κ1) is 28.5. The molecule has 1 aliphatic heterocycles. The van der Waals surface area contributed by atoms with Gasteiger partial charge in [0.15, 0.2) is 0 Å². The third kappa shape index (κ3) is 4.09. The Bertz CT molecular complexity index is 2760. The monoisotopic (exact) mass is 676 g/mol. The Morgan fingerprint density at radius 3 is 2.22 bits per heavy atom. The number of allylic oxidation sites excluding steroid dienone is 3. The van der Waals surface area contributed by atoms with Crippen molar-refractivity contribution in [3.05, 3.63) is 161 Å². The summed E-state index contributed by atoms with van der Waals surface area (Å²) in [6, 6.07) is 42.1. The first-order chi connectivity index (χ1) is 24.7. The van der Waals surface area contributed by atoms with E-state index in [1.807, 2.05) is 22.7 Å². The van der Waals surface area contributed by atoms with Crippen LogP contribution in [-0.2, 0) is 6.42 Å². The zero-order chi connectivity index (χ0) is 32.9. The van der Waals surface area contributed by atoms with Crippen molar-refractivity contribution in [2.75, 3.05) is 4.90 Å². The summed E-state index contributed by atoms with van der Waals surface area (Å²) in [5.41, 5.74) is 9.00. The highest BCUT2D eigenvalue weighted by molar-refractivity contribution is 7.26. The molecule has 5 aromatic carbocycles. The highest BCUT2D eigenvalue weighted by Crippen LogP contribution is 2.58. The lowest BCUT2D eigenvalue weighted by Crippen LogP contribution is -2.29. The van der Waals surface area contributed by atoms with E-state index in [2.05, 4.69) is 157 Å². The normalized spacial score (nSPS) is 19.3. The van der Waals surface area contributed by atoms with Gasteiger partial charge < -0.3 is 4.90 Å². The largest absolute Gasteiger partial charge is 0.317 e. The van der Waals surface area contributed by atoms with Crippen LogP contribution < -0.4 is 4.90 Å². The number of rotatable bonds is 3. The Balaban J connectivity index is 1.25. The molecule has 0 amide bonds. The van der Waals surface area contributed by atoms with Crippen LogP contribution in [0.2, 0.25) is 0 Å². The fraction of sp³-hybridized carbons (Fsp3) is 0.109. The second-order valence-electron chi connectivity index (χ2n) is 13.9. The molecule has 2 unspecified atom stereocenters. The van der Waals surface area contributed by atoms with Crippen LogP contribution in [0.4, 0.5) is 11.5 Å². The van der Waals surface area contributed by atoms with Crippen LogP contribution >= 0.6 is 22.7 Å². The lowest BCUT2D eigenvalue weighted by atomic mass is 9.83. The van der Waals surface area contributed by atoms with Gasteiger partial charge in [0.25, 0.3) is 0 Å². The Kier molecular flexibility index (Phi) is 6.19. The van der Waals surface area contributed by atoms with E-state index in [4.69, 9.17) is 4.98 Å². The predicted molar refractivity (Wildman–Crippen MR) is 216 cm³/mol. The minimum atomic E-state index is 0.0959. The lowest BCUT2D eigenvalue weighted by molar-refractivity contribution is 0.724. The van der Waals surface area contributed by atoms with E-state index in [1.165, 1.54) is 73.9 Å². The zero-order valence-electron chi connectivity index (χ0n) is 27.5. The van der Waals surface area contributed by atoms with Crippen LogP contribution in [0.1, 0.15) is 34.4 Å². The van der Waals surface area contributed by atoms with Gasteiger partial charge >= 0.3 is 0 Å². The number of hydrogen-bond donors (Lipinski definition) is 0. The first-order valence-electron chi connectivity index (χ1n) is 17.5. The molecule has 4 heteroatoms. The second-order valence-corrected chi connectivity index (χ2v) is 16.0. The van der Waals surface area contributed by atoms with E-state index < -0.39 is 0 Å². The molecule has 8 aromatic rings. The summed E-state index contributed by atoms with van der Waals surface area (Å²) in [5, 5.41) is 6.74. The van der Waals surface area contributed by atoms with Crippen LogP contribution in [0.15, 0.2) is 140 Å². The van der Waals surface area contributed by atoms with Crippen molar-refractivity contribution in [1.82, 2.24) is 4.98 Å². The molecule has 0 saturated heterocycles. The molecule has 0 spiro atoms. The van der Waals surface area contributed by atoms with E-state index in [0.717, 1.165) is 23.5 Å². The first-order valence-corrected chi connectivity index (χ1v) is 19.1. The van der Waals surface area contributed by atoms with E-state index in [0.29, 0.717) is 5.92 Å². The van der Waals surface area contributed by atoms with Crippen molar-refractivity contribution < 1.29 is 0 Å². The summed E-state index contributed by atoms with van der Waals surface area (Å²) in [6.07, 6.45) is 13.2. The van der Waals surface area contributed by atoms with Gasteiger partial charge in [0.05, 0.1) is 26.8 Å². The summed E-state index contributed by atoms with van der Waals surface area (Å²) in [7, 11) is 0. The molecule has 0 N–H and O–H groups in total. The number of nitrogens with zero attached hydrogens (tertiary/aromatic N) is 2. The molecule has 2 aliphatic carbocycles. The van der Waals surface area contributed by atoms with Crippen molar-refractivity contribution in [2.24, 2.45) is 5.92 Å². The van der Waals surface area contributed by atoms with Crippen LogP contribution in [0, 0.1) is 5.92 Å². The standard InChI is InChI=1S/C46H32N2S2/c1-27-20-23-39-36(24-27)42-33-18-9-8-17-32(33)41-35-25-30(28-12-4-2-5-13-28)21-22-37(35)48(44(41)46(42)50-39)40-26-34-31-16-10-11-19-38(31)49-45(34)43(47-40)29-14-6-3-7-15-29/h2-23,25-27,35,37H,24H2,1H3/t27?,35?,37-/m1/s1. The van der Waals surface area contributed by atoms with Gasteiger partial charge in [-0.25, -0.2) is 4.98 Å². The average molecular weight is 677 g/mol. The van der Waals surface area contributed by atoms with Crippen LogP contribution in [0.5, 0.6) is 0 Å². The molecular weight excluding hydrogens is 645 g/mol. The molecule has 0 bridgehead atoms. The summed E-state index contributed by atoms with van der Waals surface area (Å²) >= 11 is 3.83. The van der Waals surface area contributed by atoms with Gasteiger partial charge in [-0.05, 0) is 63.6 Å². The van der Waals surface area contributed by atoms with E-state index in [1.54, 1.807) is 0 Å². The van der Waals surface area contributed by atoms with Crippen molar-refractivity contribution in [3.8, 4) is 11.3 Å². The number of aromatic nitrogens is 1. The van der Waals surface area contributed by atoms with Crippen molar-refractivity contribution in [1.29, 1.82) is 0 Å². The quantitative estimate of drug-likeness (QED) is 0.185. The number of anilines is 2. The molecule has 0 radical (unpaired) electrons. The predicted octanol–water partition coefficient (Wildman–Crippen LogP) is 12.9. The Morgan fingerprint density at radius 2 is 1.40 bits per heavy atom. The average Bonchev–Trinajstić information content (AvgIpc) is 3.85. The third-order valence-electron chi connectivity index (χ3n) is 10.9. The Morgan fingerprint density at radius 1 is 0.680 bits per heavy atom. The minimum absolute atomic E-state index is 0.0959. The fourth-order valence-electron chi connectivity index (χ4n) is 8.71. The molecule has 2 nitrogen and oxygen atoms in total. The summed E-state index contributed by atoms with van der Waals surface area (Å²) in [6.45, 7) is 2.34. The van der Waals surface area contributed by atoms with Gasteiger partial charge in [-0.2, -0.15) is 0 Å². The maximum absolute atomic E-state index is 5.67. The summed E-state index contributed by atoms with van der Waals surface area (Å²) in [5.74, 6) is 1.71. The molecule has 11 rings (SSSR count). The van der Waals surface area contributed by atoms with Gasteiger partial charge in [-0.3, -0.25) is 0 Å². The fourth-order valence-corrected chi connectivity index (χ4v) is 11.2. The number of hydrogen-bond acceptors (Lipinski definition) is 4. The SMILES string of the molecule is CC1C=Cc2sc3c4c(c5ccccc5c3c2C1)C1C=C(c2ccccc2)C=C[C@H]1N4c1cc2c(sc3ccccc32)c(-c2ccccc2)n1. The second kappa shape index (κ2) is 10.9. The summed E-state index contributed by atoms with van der Waals surface area (Å²) in [4.78, 5) is 9.68. The van der Waals surface area contributed by atoms with Gasteiger partial charge in [0.1, 0.15) is 5.82 Å². The maximum Gasteiger partial charge on any atom is 0.135 e. The highest BCUT2D eigenvalue weighted by Gasteiger charge is 2.43. The molecule has 0 fully saturated rings. The third-order valence-corrected chi connectivity index (χ3v) is 13.3. The molecule has 3 aliphatic rings. The van der Waals surface area contributed by atoms with Gasteiger partial charge in [0.2, 0.25) is 0 Å². The smallest absolute Gasteiger partial charge is 0.135 e. The van der Waals surface area contributed by atoms with Crippen LogP contribution in [0.25, 0.3) is 63.9 Å². The molecule has 3 atom stereocenters. The molecule has 238 valence electrons. The highest BCUT2D eigenvalue weighted by atomic mass is 32.1. The van der Waals surface area contributed by atoms with Gasteiger partial charge in [-0.1, -0.05) is 134 Å². The van der Waals surface area contributed by atoms with E-state index in [-0.39, 0.29) is 12.0 Å². The molecule has 4 heterocycles. The number of fused-ring (bicyclic) bond motifs is 13. The maximum atomic E-state index is 5.67. The molecule has 3 aromatic heterocycles. The number of pyridine rings is 1. The van der Waals surface area contributed by atoms with Crippen LogP contribution in [0.3, 0.4) is 0 Å². The number of benzene rings is 5. The van der Waals surface area contributed by atoms with Gasteiger partial charge in [0, 0.05) is 37.2 Å². The summed E-state index contributed by atoms with van der Waals surface area (Å²) < 4.78 is 3.93. The van der Waals surface area contributed by atoms with Crippen molar-refractivity contribution in [2.45, 2.75) is 25.3 Å². The van der Waals surface area contributed by atoms with Gasteiger partial charge in [-0.15, -0.1) is 22.7 Å². The number of thiophene rings is 2. The minimum Gasteiger partial charge on any atom is -0.317 e. The van der Waals surface area contributed by atoms with E-state index >= 15 is 0 Å². The Labute approximate surface area is 299 Å². The van der Waals surface area contributed by atoms with E-state index in [9.17, 15) is 0 Å². The topological polar surface area (TPSA) is 16.1 Å². The Hall–Kier alpha value is -5.29. The molecule has 0 saturated carbocycles. The van der Waals surface area contributed by atoms with Crippen molar-refractivity contribution in [3.63, 3.8) is 0 Å². The molecular formula is C46H32N2S2. The zero-order valence-corrected chi connectivity index (χ0v) is 29.1. The van der Waals surface area contributed by atoms with Crippen molar-refractivity contribution >= 4 is 86.9 Å².